The summed E-state index contributed by atoms with van der Waals surface area (Å²) in [5.74, 6) is 2.32. The van der Waals surface area contributed by atoms with Crippen LogP contribution in [0.15, 0.2) is 54.7 Å². The van der Waals surface area contributed by atoms with Gasteiger partial charge in [0.05, 0.1) is 0 Å². The molecule has 1 nitrogen and oxygen atoms in total. The zero-order valence-electron chi connectivity index (χ0n) is 12.7. The van der Waals surface area contributed by atoms with Crippen LogP contribution in [-0.2, 0) is 0 Å². The molecule has 0 fully saturated rings. The summed E-state index contributed by atoms with van der Waals surface area (Å²) >= 11 is 0. The fraction of sp³-hybridized carbons (Fsp3) is 0.375. The van der Waals surface area contributed by atoms with Crippen LogP contribution >= 0.6 is 0 Å². The molecule has 1 aromatic carbocycles. The molecule has 0 atom stereocenters. The largest absolute Gasteiger partial charge is 0.441 e. The van der Waals surface area contributed by atoms with Crippen LogP contribution in [0.4, 0.5) is 0 Å². The Kier molecular flexibility index (Phi) is 3.77. The van der Waals surface area contributed by atoms with Crippen LogP contribution in [-0.4, -0.2) is 19.6 Å². The maximum Gasteiger partial charge on any atom is 0.307 e. The molecule has 0 aromatic heterocycles. The van der Waals surface area contributed by atoms with Crippen molar-refractivity contribution in [3.63, 3.8) is 0 Å². The SMILES string of the molecule is CC(C)(C)[Si](C)(C)N1C=CC=CB1c1ccccc1. The number of hydrogen-bond acceptors (Lipinski definition) is 1. The highest BCUT2D eigenvalue weighted by atomic mass is 28.3. The first kappa shape index (κ1) is 14.2. The molecule has 0 radical (unpaired) electrons. The average Bonchev–Trinajstić information content (AvgIpc) is 2.38. The molecular weight excluding hydrogens is 245 g/mol. The van der Waals surface area contributed by atoms with Gasteiger partial charge in [-0.1, -0.05) is 81.7 Å². The Morgan fingerprint density at radius 3 is 2.21 bits per heavy atom. The Bertz CT molecular complexity index is 485. The highest BCUT2D eigenvalue weighted by Crippen LogP contribution is 2.39. The predicted molar refractivity (Wildman–Crippen MR) is 89.1 cm³/mol. The number of nitrogens with zero attached hydrogens (tertiary/aromatic N) is 1. The summed E-state index contributed by atoms with van der Waals surface area (Å²) < 4.78 is 2.61. The zero-order valence-corrected chi connectivity index (χ0v) is 13.7. The Labute approximate surface area is 119 Å². The predicted octanol–water partition coefficient (Wildman–Crippen LogP) is 3.82. The van der Waals surface area contributed by atoms with Crippen LogP contribution in [0.5, 0.6) is 0 Å². The van der Waals surface area contributed by atoms with Gasteiger partial charge in [-0.15, -0.1) is 0 Å². The lowest BCUT2D eigenvalue weighted by atomic mass is 9.55. The van der Waals surface area contributed by atoms with E-state index >= 15 is 0 Å². The van der Waals surface area contributed by atoms with Crippen molar-refractivity contribution < 1.29 is 0 Å². The quantitative estimate of drug-likeness (QED) is 0.738. The van der Waals surface area contributed by atoms with Crippen LogP contribution in [0.2, 0.25) is 18.1 Å². The molecule has 100 valence electrons. The van der Waals surface area contributed by atoms with Crippen molar-refractivity contribution in [2.45, 2.75) is 38.9 Å². The van der Waals surface area contributed by atoms with Gasteiger partial charge in [0.25, 0.3) is 0 Å². The van der Waals surface area contributed by atoms with Crippen molar-refractivity contribution in [2.24, 2.45) is 0 Å². The van der Waals surface area contributed by atoms with E-state index in [0.717, 1.165) is 0 Å². The van der Waals surface area contributed by atoms with E-state index in [1.165, 1.54) is 5.46 Å². The van der Waals surface area contributed by atoms with Crippen LogP contribution in [0.3, 0.4) is 0 Å². The third kappa shape index (κ3) is 2.71. The summed E-state index contributed by atoms with van der Waals surface area (Å²) in [5.41, 5.74) is 1.38. The van der Waals surface area contributed by atoms with Crippen LogP contribution in [0.25, 0.3) is 0 Å². The smallest absolute Gasteiger partial charge is 0.307 e. The zero-order chi connectivity index (χ0) is 14.1. The minimum atomic E-state index is -1.55. The Balaban J connectivity index is 2.39. The van der Waals surface area contributed by atoms with Gasteiger partial charge in [-0.25, -0.2) is 0 Å². The van der Waals surface area contributed by atoms with Crippen molar-refractivity contribution in [3.05, 3.63) is 54.7 Å². The molecule has 0 N–H and O–H groups in total. The summed E-state index contributed by atoms with van der Waals surface area (Å²) in [4.78, 5) is 0. The molecule has 2 rings (SSSR count). The molecule has 0 aliphatic carbocycles. The Hall–Kier alpha value is -1.22. The molecule has 0 saturated heterocycles. The molecule has 1 aromatic rings. The van der Waals surface area contributed by atoms with Gasteiger partial charge in [0.1, 0.15) is 8.24 Å². The van der Waals surface area contributed by atoms with E-state index < -0.39 is 8.24 Å². The molecular formula is C16H24BNSi. The second kappa shape index (κ2) is 5.05. The molecule has 0 bridgehead atoms. The van der Waals surface area contributed by atoms with Gasteiger partial charge in [0, 0.05) is 0 Å². The molecule has 3 heteroatoms. The molecule has 1 heterocycles. The highest BCUT2D eigenvalue weighted by Gasteiger charge is 2.43. The maximum atomic E-state index is 2.61. The lowest BCUT2D eigenvalue weighted by molar-refractivity contribution is 0.654. The molecule has 1 aliphatic heterocycles. The summed E-state index contributed by atoms with van der Waals surface area (Å²) in [6.07, 6.45) is 6.62. The van der Waals surface area contributed by atoms with Crippen molar-refractivity contribution in [3.8, 4) is 0 Å². The van der Waals surface area contributed by atoms with Crippen LogP contribution < -0.4 is 5.46 Å². The van der Waals surface area contributed by atoms with Gasteiger partial charge in [0.15, 0.2) is 0 Å². The number of benzene rings is 1. The van der Waals surface area contributed by atoms with Crippen LogP contribution in [0.1, 0.15) is 20.8 Å². The number of allylic oxidation sites excluding steroid dienone is 2. The topological polar surface area (TPSA) is 3.24 Å². The molecule has 1 aliphatic rings. The van der Waals surface area contributed by atoms with E-state index in [1.54, 1.807) is 0 Å². The molecule has 0 saturated carbocycles. The second-order valence-corrected chi connectivity index (χ2v) is 11.9. The van der Waals surface area contributed by atoms with Crippen LogP contribution in [0, 0.1) is 0 Å². The van der Waals surface area contributed by atoms with Gasteiger partial charge in [-0.05, 0) is 17.3 Å². The summed E-state index contributed by atoms with van der Waals surface area (Å²) in [5, 5.41) is 0.343. The fourth-order valence-corrected chi connectivity index (χ4v) is 4.50. The van der Waals surface area contributed by atoms with Crippen molar-refractivity contribution in [1.82, 2.24) is 4.48 Å². The minimum absolute atomic E-state index is 0.343. The molecule has 0 amide bonds. The first-order valence-corrected chi connectivity index (χ1v) is 9.97. The Morgan fingerprint density at radius 2 is 1.63 bits per heavy atom. The standard InChI is InChI=1S/C16H24BNSi/c1-16(2,3)19(4,5)18-14-10-9-13-17(18)15-11-7-6-8-12-15/h6-14H,1-5H3. The van der Waals surface area contributed by atoms with Crippen molar-refractivity contribution in [2.75, 3.05) is 0 Å². The van der Waals surface area contributed by atoms with Gasteiger partial charge < -0.3 is 4.48 Å². The summed E-state index contributed by atoms with van der Waals surface area (Å²) in [7, 11) is -1.55. The van der Waals surface area contributed by atoms with Gasteiger partial charge in [0.2, 0.25) is 0 Å². The van der Waals surface area contributed by atoms with Gasteiger partial charge in [-0.3, -0.25) is 0 Å². The average molecular weight is 269 g/mol. The minimum Gasteiger partial charge on any atom is -0.441 e. The van der Waals surface area contributed by atoms with E-state index in [1.807, 2.05) is 0 Å². The molecule has 19 heavy (non-hydrogen) atoms. The van der Waals surface area contributed by atoms with Gasteiger partial charge >= 0.3 is 6.85 Å². The first-order chi connectivity index (χ1) is 8.84. The first-order valence-electron chi connectivity index (χ1n) is 7.02. The van der Waals surface area contributed by atoms with Crippen molar-refractivity contribution >= 4 is 20.5 Å². The second-order valence-electron chi connectivity index (χ2n) is 6.80. The van der Waals surface area contributed by atoms with E-state index in [9.17, 15) is 0 Å². The fourth-order valence-electron chi connectivity index (χ4n) is 2.34. The number of hydrogen-bond donors (Lipinski definition) is 0. The van der Waals surface area contributed by atoms with Gasteiger partial charge in [-0.2, -0.15) is 0 Å². The Morgan fingerprint density at radius 1 is 1.00 bits per heavy atom. The highest BCUT2D eigenvalue weighted by molar-refractivity contribution is 6.92. The molecule has 0 spiro atoms. The monoisotopic (exact) mass is 269 g/mol. The van der Waals surface area contributed by atoms with E-state index in [2.05, 4.69) is 93.0 Å². The molecule has 0 unspecified atom stereocenters. The summed E-state index contributed by atoms with van der Waals surface area (Å²) in [6.45, 7) is 12.4. The third-order valence-electron chi connectivity index (χ3n) is 4.57. The normalized spacial score (nSPS) is 16.1. The number of rotatable bonds is 2. The lowest BCUT2D eigenvalue weighted by Crippen LogP contribution is -2.61. The maximum absolute atomic E-state index is 2.61. The lowest BCUT2D eigenvalue weighted by Gasteiger charge is -2.49. The van der Waals surface area contributed by atoms with Crippen molar-refractivity contribution in [1.29, 1.82) is 0 Å². The summed E-state index contributed by atoms with van der Waals surface area (Å²) in [6, 6.07) is 10.8. The van der Waals surface area contributed by atoms with E-state index in [0.29, 0.717) is 11.9 Å². The van der Waals surface area contributed by atoms with E-state index in [4.69, 9.17) is 0 Å². The van der Waals surface area contributed by atoms with E-state index in [-0.39, 0.29) is 0 Å². The third-order valence-corrected chi connectivity index (χ3v) is 9.96.